The van der Waals surface area contributed by atoms with Gasteiger partial charge in [-0.3, -0.25) is 0 Å². The summed E-state index contributed by atoms with van der Waals surface area (Å²) >= 11 is 0. The number of rotatable bonds is 4. The molecule has 0 aliphatic heterocycles. The number of hydrogen-bond donors (Lipinski definition) is 3. The highest BCUT2D eigenvalue weighted by molar-refractivity contribution is 5.69. The van der Waals surface area contributed by atoms with Crippen molar-refractivity contribution in [2.75, 3.05) is 11.1 Å². The van der Waals surface area contributed by atoms with Gasteiger partial charge in [-0.05, 0) is 48.1 Å². The third-order valence-corrected chi connectivity index (χ3v) is 5.72. The van der Waals surface area contributed by atoms with Crippen molar-refractivity contribution in [2.45, 2.75) is 25.2 Å². The number of nitrogen functional groups attached to an aromatic ring is 1. The molecule has 2 aliphatic rings. The van der Waals surface area contributed by atoms with Gasteiger partial charge in [0.15, 0.2) is 0 Å². The number of aromatic hydroxyl groups is 1. The van der Waals surface area contributed by atoms with Gasteiger partial charge in [0.1, 0.15) is 5.75 Å². The second kappa shape index (κ2) is 11.1. The molecule has 3 aromatic rings. The molecule has 0 spiro atoms. The molecule has 1 unspecified atom stereocenters. The highest BCUT2D eigenvalue weighted by Gasteiger charge is 2.13. The van der Waals surface area contributed by atoms with Gasteiger partial charge in [-0.25, -0.2) is 0 Å². The molecule has 4 N–H and O–H groups in total. The number of anilines is 3. The Balaban J connectivity index is 0.000000183. The van der Waals surface area contributed by atoms with Gasteiger partial charge in [-0.2, -0.15) is 0 Å². The van der Waals surface area contributed by atoms with Crippen molar-refractivity contribution in [3.63, 3.8) is 0 Å². The molecular weight excluding hydrogens is 404 g/mol. The van der Waals surface area contributed by atoms with Crippen LogP contribution in [0.3, 0.4) is 0 Å². The standard InChI is InChI=1S/C18H18N2O.C12H12/c19-14-10-15(12-16(21)11-14)20-18-9-5-4-8-17(18)13-6-2-1-3-7-13;1-3-7-11(8-4-1)12-9-5-2-6-10-12/h1-6,8-13,20-21H,7,19H2;1-5,7-9H,6,10H2. The van der Waals surface area contributed by atoms with E-state index in [0.29, 0.717) is 11.6 Å². The van der Waals surface area contributed by atoms with E-state index in [-0.39, 0.29) is 5.75 Å². The van der Waals surface area contributed by atoms with E-state index in [2.05, 4.69) is 84.2 Å². The Labute approximate surface area is 196 Å². The molecule has 3 aromatic carbocycles. The lowest BCUT2D eigenvalue weighted by molar-refractivity contribution is 0.476. The molecule has 166 valence electrons. The van der Waals surface area contributed by atoms with E-state index in [9.17, 15) is 5.11 Å². The molecule has 0 bridgehead atoms. The van der Waals surface area contributed by atoms with E-state index in [4.69, 9.17) is 5.73 Å². The number of nitrogens with one attached hydrogen (secondary N) is 1. The van der Waals surface area contributed by atoms with Crippen LogP contribution in [0.2, 0.25) is 0 Å². The molecule has 0 saturated carbocycles. The van der Waals surface area contributed by atoms with Crippen LogP contribution in [0, 0.1) is 0 Å². The van der Waals surface area contributed by atoms with Crippen LogP contribution in [0.15, 0.2) is 115 Å². The summed E-state index contributed by atoms with van der Waals surface area (Å²) in [4.78, 5) is 0. The molecule has 3 nitrogen and oxygen atoms in total. The van der Waals surface area contributed by atoms with Crippen LogP contribution in [0.25, 0.3) is 5.57 Å². The molecule has 0 amide bonds. The summed E-state index contributed by atoms with van der Waals surface area (Å²) < 4.78 is 0. The second-order valence-corrected chi connectivity index (χ2v) is 8.21. The fourth-order valence-electron chi connectivity index (χ4n) is 4.10. The molecule has 33 heavy (non-hydrogen) atoms. The zero-order valence-corrected chi connectivity index (χ0v) is 18.7. The lowest BCUT2D eigenvalue weighted by Gasteiger charge is -2.19. The average molecular weight is 435 g/mol. The minimum absolute atomic E-state index is 0.162. The Morgan fingerprint density at radius 2 is 1.67 bits per heavy atom. The normalized spacial score (nSPS) is 16.5. The fourth-order valence-corrected chi connectivity index (χ4v) is 4.10. The second-order valence-electron chi connectivity index (χ2n) is 8.21. The first-order valence-electron chi connectivity index (χ1n) is 11.4. The van der Waals surface area contributed by atoms with E-state index in [1.54, 1.807) is 6.07 Å². The maximum Gasteiger partial charge on any atom is 0.119 e. The first-order valence-corrected chi connectivity index (χ1v) is 11.4. The summed E-state index contributed by atoms with van der Waals surface area (Å²) in [5.74, 6) is 0.531. The minimum atomic E-state index is 0.162. The van der Waals surface area contributed by atoms with E-state index in [1.165, 1.54) is 35.6 Å². The summed E-state index contributed by atoms with van der Waals surface area (Å²) in [5.41, 5.74) is 12.2. The molecule has 0 saturated heterocycles. The van der Waals surface area contributed by atoms with Gasteiger partial charge in [-0.1, -0.05) is 91.1 Å². The van der Waals surface area contributed by atoms with Crippen LogP contribution < -0.4 is 11.1 Å². The maximum absolute atomic E-state index is 9.65. The van der Waals surface area contributed by atoms with Crippen molar-refractivity contribution in [3.8, 4) is 5.75 Å². The summed E-state index contributed by atoms with van der Waals surface area (Å²) in [7, 11) is 0. The van der Waals surface area contributed by atoms with Crippen molar-refractivity contribution >= 4 is 22.6 Å². The molecule has 3 heteroatoms. The molecule has 0 radical (unpaired) electrons. The van der Waals surface area contributed by atoms with Crippen LogP contribution in [0.1, 0.15) is 36.3 Å². The van der Waals surface area contributed by atoms with Gasteiger partial charge < -0.3 is 16.2 Å². The number of phenolic OH excluding ortho intramolecular Hbond substituents is 1. The molecule has 0 heterocycles. The van der Waals surface area contributed by atoms with Crippen LogP contribution >= 0.6 is 0 Å². The predicted molar refractivity (Wildman–Crippen MR) is 141 cm³/mol. The number of benzene rings is 3. The molecule has 0 fully saturated rings. The Morgan fingerprint density at radius 1 is 0.848 bits per heavy atom. The first-order chi connectivity index (χ1) is 16.2. The number of allylic oxidation sites excluding steroid dienone is 8. The van der Waals surface area contributed by atoms with E-state index >= 15 is 0 Å². The zero-order valence-electron chi connectivity index (χ0n) is 18.7. The summed E-state index contributed by atoms with van der Waals surface area (Å²) in [6.07, 6.45) is 18.5. The summed E-state index contributed by atoms with van der Waals surface area (Å²) in [5, 5.41) is 13.0. The van der Waals surface area contributed by atoms with Crippen LogP contribution in [-0.4, -0.2) is 5.11 Å². The zero-order chi connectivity index (χ0) is 22.9. The van der Waals surface area contributed by atoms with Crippen molar-refractivity contribution in [3.05, 3.63) is 126 Å². The van der Waals surface area contributed by atoms with E-state index in [0.717, 1.165) is 17.8 Å². The van der Waals surface area contributed by atoms with Crippen molar-refractivity contribution in [1.82, 2.24) is 0 Å². The Kier molecular flexibility index (Phi) is 7.44. The van der Waals surface area contributed by atoms with Crippen LogP contribution in [-0.2, 0) is 0 Å². The van der Waals surface area contributed by atoms with Gasteiger partial charge >= 0.3 is 0 Å². The minimum Gasteiger partial charge on any atom is -0.508 e. The highest BCUT2D eigenvalue weighted by atomic mass is 16.3. The SMILES string of the molecule is C1=CCCC(c2ccccc2)=C1.Nc1cc(O)cc(Nc2ccccc2C2C=CC=CC2)c1. The lowest BCUT2D eigenvalue weighted by Crippen LogP contribution is -2.02. The van der Waals surface area contributed by atoms with Gasteiger partial charge in [-0.15, -0.1) is 0 Å². The summed E-state index contributed by atoms with van der Waals surface area (Å²) in [6.45, 7) is 0. The van der Waals surface area contributed by atoms with Gasteiger partial charge in [0.2, 0.25) is 0 Å². The van der Waals surface area contributed by atoms with E-state index < -0.39 is 0 Å². The van der Waals surface area contributed by atoms with Gasteiger partial charge in [0.25, 0.3) is 0 Å². The largest absolute Gasteiger partial charge is 0.508 e. The number of para-hydroxylation sites is 1. The first kappa shape index (κ1) is 22.2. The van der Waals surface area contributed by atoms with E-state index in [1.807, 2.05) is 24.3 Å². The number of nitrogens with two attached hydrogens (primary N) is 1. The fraction of sp³-hybridized carbons (Fsp3) is 0.133. The van der Waals surface area contributed by atoms with Gasteiger partial charge in [0.05, 0.1) is 0 Å². The monoisotopic (exact) mass is 434 g/mol. The maximum atomic E-state index is 9.65. The quantitative estimate of drug-likeness (QED) is 0.368. The number of phenols is 1. The predicted octanol–water partition coefficient (Wildman–Crippen LogP) is 7.74. The van der Waals surface area contributed by atoms with Gasteiger partial charge in [0, 0.05) is 35.1 Å². The van der Waals surface area contributed by atoms with Crippen LogP contribution in [0.5, 0.6) is 5.75 Å². The smallest absolute Gasteiger partial charge is 0.119 e. The van der Waals surface area contributed by atoms with Crippen molar-refractivity contribution in [1.29, 1.82) is 0 Å². The molecule has 0 aromatic heterocycles. The summed E-state index contributed by atoms with van der Waals surface area (Å²) in [6, 6.07) is 23.8. The topological polar surface area (TPSA) is 58.3 Å². The number of hydrogen-bond acceptors (Lipinski definition) is 3. The molecule has 5 rings (SSSR count). The lowest BCUT2D eigenvalue weighted by atomic mass is 9.91. The third kappa shape index (κ3) is 6.27. The third-order valence-electron chi connectivity index (χ3n) is 5.72. The Hall–Kier alpha value is -3.98. The molecule has 1 atom stereocenters. The van der Waals surface area contributed by atoms with Crippen molar-refractivity contribution in [2.24, 2.45) is 0 Å². The molecular formula is C30H30N2O. The molecule has 2 aliphatic carbocycles. The van der Waals surface area contributed by atoms with Crippen LogP contribution in [0.4, 0.5) is 17.1 Å². The van der Waals surface area contributed by atoms with Crippen molar-refractivity contribution < 1.29 is 5.11 Å². The Bertz CT molecular complexity index is 1170. The highest BCUT2D eigenvalue weighted by Crippen LogP contribution is 2.33. The Morgan fingerprint density at radius 3 is 2.39 bits per heavy atom. The average Bonchev–Trinajstić information content (AvgIpc) is 2.86.